The van der Waals surface area contributed by atoms with Crippen molar-refractivity contribution in [2.24, 2.45) is 0 Å². The van der Waals surface area contributed by atoms with Crippen LogP contribution >= 0.6 is 11.8 Å². The molecule has 0 bridgehead atoms. The summed E-state index contributed by atoms with van der Waals surface area (Å²) in [5.41, 5.74) is 4.24. The van der Waals surface area contributed by atoms with E-state index in [1.165, 1.54) is 17.3 Å². The minimum atomic E-state index is -0.239. The maximum atomic E-state index is 11.8. The largest absolute Gasteiger partial charge is 0.462 e. The van der Waals surface area contributed by atoms with Crippen LogP contribution in [0.25, 0.3) is 16.6 Å². The molecule has 5 nitrogen and oxygen atoms in total. The van der Waals surface area contributed by atoms with Crippen molar-refractivity contribution in [1.82, 2.24) is 14.6 Å². The molecular weight excluding hydrogens is 322 g/mol. The Bertz CT molecular complexity index is 902. The van der Waals surface area contributed by atoms with E-state index in [9.17, 15) is 4.79 Å². The van der Waals surface area contributed by atoms with Crippen molar-refractivity contribution >= 4 is 34.3 Å². The van der Waals surface area contributed by atoms with Gasteiger partial charge in [-0.25, -0.2) is 0 Å². The average molecular weight is 343 g/mol. The van der Waals surface area contributed by atoms with Gasteiger partial charge in [0, 0.05) is 0 Å². The van der Waals surface area contributed by atoms with Crippen molar-refractivity contribution in [2.75, 3.05) is 5.75 Å². The second-order valence-corrected chi connectivity index (χ2v) is 6.99. The number of rotatable bonds is 5. The summed E-state index contributed by atoms with van der Waals surface area (Å²) in [7, 11) is 0. The van der Waals surface area contributed by atoms with Crippen molar-refractivity contribution in [3.8, 4) is 0 Å². The van der Waals surface area contributed by atoms with Crippen LogP contribution < -0.4 is 0 Å². The third-order valence-corrected chi connectivity index (χ3v) is 4.69. The highest BCUT2D eigenvalue weighted by Gasteiger charge is 2.15. The van der Waals surface area contributed by atoms with Crippen molar-refractivity contribution in [3.63, 3.8) is 0 Å². The summed E-state index contributed by atoms with van der Waals surface area (Å²) in [6.45, 7) is 7.87. The molecule has 0 unspecified atom stereocenters. The normalized spacial score (nSPS) is 11.5. The van der Waals surface area contributed by atoms with E-state index in [0.717, 1.165) is 28.5 Å². The van der Waals surface area contributed by atoms with Gasteiger partial charge in [-0.3, -0.25) is 9.20 Å². The van der Waals surface area contributed by atoms with Gasteiger partial charge in [0.2, 0.25) is 0 Å². The first-order valence-corrected chi connectivity index (χ1v) is 9.07. The van der Waals surface area contributed by atoms with E-state index in [4.69, 9.17) is 4.74 Å². The van der Waals surface area contributed by atoms with Gasteiger partial charge in [-0.2, -0.15) is 0 Å². The number of carbonyl (C=O) groups is 1. The van der Waals surface area contributed by atoms with Crippen LogP contribution in [0.3, 0.4) is 0 Å². The quantitative estimate of drug-likeness (QED) is 0.521. The van der Waals surface area contributed by atoms with Crippen molar-refractivity contribution in [1.29, 1.82) is 0 Å². The number of benzene rings is 1. The van der Waals surface area contributed by atoms with Crippen molar-refractivity contribution in [3.05, 3.63) is 35.4 Å². The number of pyridine rings is 1. The zero-order valence-corrected chi connectivity index (χ0v) is 15.2. The van der Waals surface area contributed by atoms with Gasteiger partial charge in [0.15, 0.2) is 10.8 Å². The van der Waals surface area contributed by atoms with Crippen LogP contribution in [0.2, 0.25) is 0 Å². The first-order valence-electron chi connectivity index (χ1n) is 8.09. The van der Waals surface area contributed by atoms with Crippen LogP contribution in [0.1, 0.15) is 31.9 Å². The van der Waals surface area contributed by atoms with Crippen LogP contribution in [0.15, 0.2) is 29.4 Å². The van der Waals surface area contributed by atoms with Crippen LogP contribution in [-0.4, -0.2) is 32.4 Å². The number of thioether (sulfide) groups is 1. The standard InChI is InChI=1S/C18H21N3O2S/c1-5-13-6-7-15-14(9-13)8-12(4)17-19-20-18(21(15)17)24-10-16(22)23-11(2)3/h6-9,11H,5,10H2,1-4H3. The van der Waals surface area contributed by atoms with E-state index in [1.807, 2.05) is 25.2 Å². The van der Waals surface area contributed by atoms with Gasteiger partial charge in [0.1, 0.15) is 0 Å². The molecule has 2 aromatic heterocycles. The first kappa shape index (κ1) is 16.8. The van der Waals surface area contributed by atoms with E-state index >= 15 is 0 Å². The minimum absolute atomic E-state index is 0.108. The molecule has 0 aliphatic rings. The van der Waals surface area contributed by atoms with Gasteiger partial charge in [0.25, 0.3) is 0 Å². The molecule has 0 aliphatic heterocycles. The molecule has 2 heterocycles. The fraction of sp³-hybridized carbons (Fsp3) is 0.389. The fourth-order valence-electron chi connectivity index (χ4n) is 2.70. The monoisotopic (exact) mass is 343 g/mol. The number of aryl methyl sites for hydroxylation is 2. The summed E-state index contributed by atoms with van der Waals surface area (Å²) >= 11 is 1.35. The fourth-order valence-corrected chi connectivity index (χ4v) is 3.42. The number of esters is 1. The number of hydrogen-bond donors (Lipinski definition) is 0. The molecule has 6 heteroatoms. The molecule has 3 aromatic rings. The second-order valence-electron chi connectivity index (χ2n) is 6.04. The minimum Gasteiger partial charge on any atom is -0.462 e. The Kier molecular flexibility index (Phi) is 4.76. The highest BCUT2D eigenvalue weighted by atomic mass is 32.2. The Labute approximate surface area is 145 Å². The molecule has 24 heavy (non-hydrogen) atoms. The number of hydrogen-bond acceptors (Lipinski definition) is 5. The zero-order chi connectivity index (χ0) is 17.3. The first-order chi connectivity index (χ1) is 11.5. The van der Waals surface area contributed by atoms with Gasteiger partial charge >= 0.3 is 5.97 Å². The third-order valence-electron chi connectivity index (χ3n) is 3.79. The predicted octanol–water partition coefficient (Wildman–Crippen LogP) is 3.80. The Balaban J connectivity index is 2.01. The highest BCUT2D eigenvalue weighted by molar-refractivity contribution is 7.99. The molecule has 0 saturated heterocycles. The Hall–Kier alpha value is -2.08. The summed E-state index contributed by atoms with van der Waals surface area (Å²) < 4.78 is 7.21. The summed E-state index contributed by atoms with van der Waals surface area (Å²) in [6, 6.07) is 8.56. The van der Waals surface area contributed by atoms with Crippen molar-refractivity contribution < 1.29 is 9.53 Å². The van der Waals surface area contributed by atoms with Crippen molar-refractivity contribution in [2.45, 2.75) is 45.4 Å². The lowest BCUT2D eigenvalue weighted by Gasteiger charge is -2.09. The summed E-state index contributed by atoms with van der Waals surface area (Å²) in [6.07, 6.45) is 0.890. The topological polar surface area (TPSA) is 56.5 Å². The highest BCUT2D eigenvalue weighted by Crippen LogP contribution is 2.26. The molecular formula is C18H21N3O2S. The lowest BCUT2D eigenvalue weighted by atomic mass is 10.1. The molecule has 0 spiro atoms. The molecule has 0 N–H and O–H groups in total. The maximum Gasteiger partial charge on any atom is 0.316 e. The molecule has 0 amide bonds. The van der Waals surface area contributed by atoms with Crippen LogP contribution in [0.4, 0.5) is 0 Å². The summed E-state index contributed by atoms with van der Waals surface area (Å²) in [4.78, 5) is 11.8. The van der Waals surface area contributed by atoms with E-state index in [0.29, 0.717) is 5.16 Å². The lowest BCUT2D eigenvalue weighted by molar-refractivity contribution is -0.144. The van der Waals surface area contributed by atoms with E-state index < -0.39 is 0 Å². The second kappa shape index (κ2) is 6.81. The Morgan fingerprint density at radius 1 is 1.29 bits per heavy atom. The summed E-state index contributed by atoms with van der Waals surface area (Å²) in [5, 5.41) is 10.4. The smallest absolute Gasteiger partial charge is 0.316 e. The molecule has 3 rings (SSSR count). The molecule has 0 radical (unpaired) electrons. The maximum absolute atomic E-state index is 11.8. The van der Waals surface area contributed by atoms with E-state index in [-0.39, 0.29) is 17.8 Å². The van der Waals surface area contributed by atoms with E-state index in [2.05, 4.69) is 41.4 Å². The van der Waals surface area contributed by atoms with Gasteiger partial charge in [-0.05, 0) is 61.9 Å². The molecule has 0 aliphatic carbocycles. The van der Waals surface area contributed by atoms with Crippen LogP contribution in [0, 0.1) is 6.92 Å². The SMILES string of the molecule is CCc1ccc2c(c1)cc(C)c1nnc(SCC(=O)OC(C)C)n12. The number of fused-ring (bicyclic) bond motifs is 3. The average Bonchev–Trinajstić information content (AvgIpc) is 2.96. The van der Waals surface area contributed by atoms with Gasteiger partial charge in [-0.15, -0.1) is 10.2 Å². The Morgan fingerprint density at radius 2 is 2.08 bits per heavy atom. The van der Waals surface area contributed by atoms with Crippen LogP contribution in [-0.2, 0) is 16.0 Å². The number of aromatic nitrogens is 3. The van der Waals surface area contributed by atoms with Gasteiger partial charge in [-0.1, -0.05) is 24.8 Å². The molecule has 0 fully saturated rings. The molecule has 0 saturated carbocycles. The zero-order valence-electron chi connectivity index (χ0n) is 14.4. The lowest BCUT2D eigenvalue weighted by Crippen LogP contribution is -2.13. The number of ether oxygens (including phenoxy) is 1. The number of carbonyl (C=O) groups excluding carboxylic acids is 1. The van der Waals surface area contributed by atoms with Gasteiger partial charge in [0.05, 0.1) is 17.4 Å². The third kappa shape index (κ3) is 3.24. The number of nitrogens with zero attached hydrogens (tertiary/aromatic N) is 3. The molecule has 126 valence electrons. The predicted molar refractivity (Wildman–Crippen MR) is 96.6 cm³/mol. The summed E-state index contributed by atoms with van der Waals surface area (Å²) in [5.74, 6) is -0.0152. The van der Waals surface area contributed by atoms with E-state index in [1.54, 1.807) is 0 Å². The van der Waals surface area contributed by atoms with Crippen LogP contribution in [0.5, 0.6) is 0 Å². The van der Waals surface area contributed by atoms with Gasteiger partial charge < -0.3 is 4.74 Å². The molecule has 1 aromatic carbocycles. The Morgan fingerprint density at radius 3 is 2.79 bits per heavy atom. The molecule has 0 atom stereocenters.